The predicted octanol–water partition coefficient (Wildman–Crippen LogP) is 0.815. The van der Waals surface area contributed by atoms with Crippen LogP contribution >= 0.6 is 0 Å². The van der Waals surface area contributed by atoms with Crippen molar-refractivity contribution in [3.63, 3.8) is 0 Å². The van der Waals surface area contributed by atoms with Crippen LogP contribution in [0.4, 0.5) is 20.2 Å². The van der Waals surface area contributed by atoms with Crippen molar-refractivity contribution in [1.82, 2.24) is 5.32 Å². The Morgan fingerprint density at radius 2 is 2.06 bits per heavy atom. The van der Waals surface area contributed by atoms with E-state index in [1.54, 1.807) is 0 Å². The molecule has 0 saturated carbocycles. The monoisotopic (exact) mass is 231 g/mol. The Hall–Kier alpha value is -2.25. The first-order valence-corrected chi connectivity index (χ1v) is 4.04. The van der Waals surface area contributed by atoms with Crippen molar-refractivity contribution in [1.29, 1.82) is 0 Å². The third kappa shape index (κ3) is 1.76. The summed E-state index contributed by atoms with van der Waals surface area (Å²) in [6, 6.07) is 0.590. The first-order chi connectivity index (χ1) is 7.40. The van der Waals surface area contributed by atoms with Crippen molar-refractivity contribution in [3.8, 4) is 0 Å². The summed E-state index contributed by atoms with van der Waals surface area (Å²) in [5, 5.41) is 12.5. The van der Waals surface area contributed by atoms with Crippen LogP contribution in [0.2, 0.25) is 0 Å². The van der Waals surface area contributed by atoms with E-state index >= 15 is 0 Å². The van der Waals surface area contributed by atoms with Gasteiger partial charge in [0.1, 0.15) is 5.69 Å². The Morgan fingerprint density at radius 3 is 2.50 bits per heavy atom. The quantitative estimate of drug-likeness (QED) is 0.447. The second-order valence-corrected chi connectivity index (χ2v) is 2.82. The Bertz CT molecular complexity index is 476. The summed E-state index contributed by atoms with van der Waals surface area (Å²) in [4.78, 5) is 20.5. The number of nitro benzene ring substituents is 1. The van der Waals surface area contributed by atoms with E-state index in [0.717, 1.165) is 0 Å². The number of rotatable bonds is 2. The minimum absolute atomic E-state index is 0.590. The molecule has 16 heavy (non-hydrogen) atoms. The highest BCUT2D eigenvalue weighted by Crippen LogP contribution is 2.28. The number of carbonyl (C=O) groups excluding carboxylic acids is 1. The molecule has 0 aliphatic heterocycles. The number of anilines is 1. The third-order valence-electron chi connectivity index (χ3n) is 1.89. The molecule has 0 aliphatic carbocycles. The van der Waals surface area contributed by atoms with E-state index in [2.05, 4.69) is 0 Å². The van der Waals surface area contributed by atoms with Gasteiger partial charge in [-0.2, -0.15) is 0 Å². The molecule has 0 saturated heterocycles. The van der Waals surface area contributed by atoms with E-state index in [1.165, 1.54) is 7.05 Å². The van der Waals surface area contributed by atoms with Crippen LogP contribution < -0.4 is 11.1 Å². The van der Waals surface area contributed by atoms with Gasteiger partial charge in [-0.3, -0.25) is 14.9 Å². The molecular weight excluding hydrogens is 224 g/mol. The Morgan fingerprint density at radius 1 is 1.50 bits per heavy atom. The number of amides is 1. The topological polar surface area (TPSA) is 98.3 Å². The molecule has 0 aromatic heterocycles. The van der Waals surface area contributed by atoms with Crippen LogP contribution in [0.5, 0.6) is 0 Å². The molecule has 8 heteroatoms. The van der Waals surface area contributed by atoms with E-state index in [1.807, 2.05) is 5.32 Å². The van der Waals surface area contributed by atoms with Gasteiger partial charge in [0.2, 0.25) is 0 Å². The van der Waals surface area contributed by atoms with E-state index in [-0.39, 0.29) is 0 Å². The van der Waals surface area contributed by atoms with Gasteiger partial charge in [0, 0.05) is 13.1 Å². The largest absolute Gasteiger partial charge is 0.391 e. The van der Waals surface area contributed by atoms with Gasteiger partial charge in [-0.25, -0.2) is 8.78 Å². The number of nitrogens with zero attached hydrogens (tertiary/aromatic N) is 1. The van der Waals surface area contributed by atoms with Gasteiger partial charge in [-0.05, 0) is 0 Å². The molecule has 0 bridgehead atoms. The minimum atomic E-state index is -1.60. The number of nitrogens with one attached hydrogen (secondary N) is 1. The number of nitrogens with two attached hydrogens (primary N) is 1. The maximum absolute atomic E-state index is 13.2. The second kappa shape index (κ2) is 4.09. The summed E-state index contributed by atoms with van der Waals surface area (Å²) in [5.74, 6) is -4.09. The molecule has 1 rings (SSSR count). The Kier molecular flexibility index (Phi) is 3.02. The minimum Gasteiger partial charge on any atom is -0.391 e. The lowest BCUT2D eigenvalue weighted by atomic mass is 10.1. The van der Waals surface area contributed by atoms with Crippen LogP contribution in [0.25, 0.3) is 0 Å². The normalized spacial score (nSPS) is 9.94. The Labute approximate surface area is 88.2 Å². The van der Waals surface area contributed by atoms with Crippen LogP contribution in [0.1, 0.15) is 10.4 Å². The number of hydrogen-bond donors (Lipinski definition) is 2. The fraction of sp³-hybridized carbons (Fsp3) is 0.125. The summed E-state index contributed by atoms with van der Waals surface area (Å²) in [6.07, 6.45) is 0. The molecule has 3 N–H and O–H groups in total. The zero-order chi connectivity index (χ0) is 12.5. The third-order valence-corrected chi connectivity index (χ3v) is 1.89. The van der Waals surface area contributed by atoms with Crippen LogP contribution in [0, 0.1) is 21.7 Å². The van der Waals surface area contributed by atoms with Crippen molar-refractivity contribution in [3.05, 3.63) is 33.4 Å². The van der Waals surface area contributed by atoms with E-state index in [4.69, 9.17) is 5.73 Å². The molecule has 0 radical (unpaired) electrons. The van der Waals surface area contributed by atoms with Crippen molar-refractivity contribution in [2.45, 2.75) is 0 Å². The molecule has 0 fully saturated rings. The average Bonchev–Trinajstić information content (AvgIpc) is 2.25. The van der Waals surface area contributed by atoms with E-state index in [0.29, 0.717) is 6.07 Å². The standard InChI is InChI=1S/C8H7F2N3O3/c1-12-8(14)3-2-4(13(15)16)7(11)6(10)5(3)9/h2H,11H2,1H3,(H,12,14). The number of hydrogen-bond acceptors (Lipinski definition) is 4. The van der Waals surface area contributed by atoms with Gasteiger partial charge in [0.25, 0.3) is 11.6 Å². The predicted molar refractivity (Wildman–Crippen MR) is 50.8 cm³/mol. The van der Waals surface area contributed by atoms with E-state index in [9.17, 15) is 23.7 Å². The first kappa shape index (κ1) is 11.8. The molecule has 0 unspecified atom stereocenters. The van der Waals surface area contributed by atoms with Crippen LogP contribution in [-0.2, 0) is 0 Å². The SMILES string of the molecule is CNC(=O)c1cc([N+](=O)[O-])c(N)c(F)c1F. The van der Waals surface area contributed by atoms with Gasteiger partial charge in [-0.1, -0.05) is 0 Å². The number of carbonyl (C=O) groups is 1. The van der Waals surface area contributed by atoms with Gasteiger partial charge >= 0.3 is 0 Å². The summed E-state index contributed by atoms with van der Waals surface area (Å²) >= 11 is 0. The summed E-state index contributed by atoms with van der Waals surface area (Å²) in [6.45, 7) is 0. The van der Waals surface area contributed by atoms with Crippen molar-refractivity contribution in [2.24, 2.45) is 0 Å². The molecule has 86 valence electrons. The van der Waals surface area contributed by atoms with Crippen molar-refractivity contribution >= 4 is 17.3 Å². The first-order valence-electron chi connectivity index (χ1n) is 4.04. The Balaban J connectivity index is 3.53. The smallest absolute Gasteiger partial charge is 0.296 e. The molecule has 1 aromatic carbocycles. The summed E-state index contributed by atoms with van der Waals surface area (Å²) in [7, 11) is 1.18. The molecule has 0 atom stereocenters. The maximum atomic E-state index is 13.2. The highest BCUT2D eigenvalue weighted by molar-refractivity contribution is 5.95. The average molecular weight is 231 g/mol. The van der Waals surface area contributed by atoms with Crippen LogP contribution in [0.15, 0.2) is 6.07 Å². The molecule has 0 aliphatic rings. The van der Waals surface area contributed by atoms with Crippen molar-refractivity contribution < 1.29 is 18.5 Å². The molecule has 0 heterocycles. The van der Waals surface area contributed by atoms with Crippen molar-refractivity contribution in [2.75, 3.05) is 12.8 Å². The molecular formula is C8H7F2N3O3. The molecule has 1 aromatic rings. The van der Waals surface area contributed by atoms with Gasteiger partial charge in [-0.15, -0.1) is 0 Å². The highest BCUT2D eigenvalue weighted by Gasteiger charge is 2.25. The molecule has 6 nitrogen and oxygen atoms in total. The fourth-order valence-electron chi connectivity index (χ4n) is 1.08. The lowest BCUT2D eigenvalue weighted by molar-refractivity contribution is -0.384. The molecule has 0 spiro atoms. The number of nitrogen functional groups attached to an aromatic ring is 1. The highest BCUT2D eigenvalue weighted by atomic mass is 19.2. The maximum Gasteiger partial charge on any atom is 0.296 e. The van der Waals surface area contributed by atoms with E-state index < -0.39 is 39.4 Å². The van der Waals surface area contributed by atoms with Crippen LogP contribution in [-0.4, -0.2) is 17.9 Å². The lowest BCUT2D eigenvalue weighted by Gasteiger charge is -2.05. The summed E-state index contributed by atoms with van der Waals surface area (Å²) < 4.78 is 26.3. The van der Waals surface area contributed by atoms with Crippen LogP contribution in [0.3, 0.4) is 0 Å². The van der Waals surface area contributed by atoms with Gasteiger partial charge in [0.05, 0.1) is 10.5 Å². The van der Waals surface area contributed by atoms with Gasteiger partial charge in [0.15, 0.2) is 11.6 Å². The zero-order valence-corrected chi connectivity index (χ0v) is 8.08. The molecule has 1 amide bonds. The van der Waals surface area contributed by atoms with Gasteiger partial charge < -0.3 is 11.1 Å². The fourth-order valence-corrected chi connectivity index (χ4v) is 1.08. The second-order valence-electron chi connectivity index (χ2n) is 2.82. The number of halogens is 2. The lowest BCUT2D eigenvalue weighted by Crippen LogP contribution is -2.20. The number of benzene rings is 1. The number of nitro groups is 1. The zero-order valence-electron chi connectivity index (χ0n) is 8.08. The summed E-state index contributed by atoms with van der Waals surface area (Å²) in [5.41, 5.74) is 2.46.